The van der Waals surface area contributed by atoms with Crippen LogP contribution in [-0.4, -0.2) is 15.6 Å². The molecule has 0 aromatic heterocycles. The molecule has 0 unspecified atom stereocenters. The van der Waals surface area contributed by atoms with E-state index in [4.69, 9.17) is 5.11 Å². The van der Waals surface area contributed by atoms with E-state index in [1.54, 1.807) is 0 Å². The van der Waals surface area contributed by atoms with Crippen molar-refractivity contribution in [2.24, 2.45) is 0 Å². The predicted octanol–water partition coefficient (Wildman–Crippen LogP) is 1.01. The zero-order valence-corrected chi connectivity index (χ0v) is 4.95. The van der Waals surface area contributed by atoms with Gasteiger partial charge in [-0.25, -0.2) is 0 Å². The summed E-state index contributed by atoms with van der Waals surface area (Å²) in [5.41, 5.74) is 0. The highest BCUT2D eigenvalue weighted by Gasteiger charge is 2.20. The van der Waals surface area contributed by atoms with E-state index in [2.05, 4.69) is 0 Å². The lowest BCUT2D eigenvalue weighted by Crippen LogP contribution is -2.14. The molecule has 0 heterocycles. The van der Waals surface area contributed by atoms with Crippen LogP contribution in [-0.2, 0) is 0 Å². The van der Waals surface area contributed by atoms with Crippen LogP contribution in [0.4, 0.5) is 8.78 Å². The summed E-state index contributed by atoms with van der Waals surface area (Å²) in [5.74, 6) is 0. The van der Waals surface area contributed by atoms with E-state index in [1.165, 1.54) is 22.6 Å². The highest BCUT2D eigenvalue weighted by atomic mass is 127. The number of aliphatic hydroxyl groups is 1. The Bertz CT molecular complexity index is 41.3. The van der Waals surface area contributed by atoms with Gasteiger partial charge in [-0.05, 0) is 0 Å². The van der Waals surface area contributed by atoms with Gasteiger partial charge in [-0.3, -0.25) is 0 Å². The van der Waals surface area contributed by atoms with Gasteiger partial charge in [0.1, 0.15) is 0 Å². The number of halogens is 3. The average molecular weight is 208 g/mol. The van der Waals surface area contributed by atoms with Gasteiger partial charge in [-0.1, -0.05) is 22.6 Å². The SMILES string of the molecule is OC(F)(F)CI. The molecule has 0 fully saturated rings. The minimum Gasteiger partial charge on any atom is -0.336 e. The van der Waals surface area contributed by atoms with Crippen molar-refractivity contribution in [3.8, 4) is 0 Å². The summed E-state index contributed by atoms with van der Waals surface area (Å²) in [6.45, 7) is 0. The van der Waals surface area contributed by atoms with Crippen LogP contribution in [0.2, 0.25) is 0 Å². The van der Waals surface area contributed by atoms with Gasteiger partial charge in [-0.2, -0.15) is 8.78 Å². The maximum absolute atomic E-state index is 11.0. The monoisotopic (exact) mass is 208 g/mol. The van der Waals surface area contributed by atoms with Crippen LogP contribution in [0, 0.1) is 0 Å². The molecule has 0 radical (unpaired) electrons. The molecule has 0 aliphatic rings. The van der Waals surface area contributed by atoms with Gasteiger partial charge < -0.3 is 5.11 Å². The Kier molecular flexibility index (Phi) is 2.20. The highest BCUT2D eigenvalue weighted by Crippen LogP contribution is 2.09. The third-order valence-corrected chi connectivity index (χ3v) is 1.08. The molecular weight excluding hydrogens is 205 g/mol. The predicted molar refractivity (Wildman–Crippen MR) is 26.1 cm³/mol. The molecule has 0 aliphatic heterocycles. The fourth-order valence-corrected chi connectivity index (χ4v) is 0. The van der Waals surface area contributed by atoms with Crippen molar-refractivity contribution in [2.45, 2.75) is 6.11 Å². The largest absolute Gasteiger partial charge is 0.362 e. The molecule has 0 aliphatic carbocycles. The van der Waals surface area contributed by atoms with Gasteiger partial charge >= 0.3 is 6.11 Å². The molecule has 0 aromatic carbocycles. The lowest BCUT2D eigenvalue weighted by atomic mass is 10.8. The summed E-state index contributed by atoms with van der Waals surface area (Å²) < 4.78 is 21.5. The lowest BCUT2D eigenvalue weighted by molar-refractivity contribution is -0.174. The third-order valence-electron chi connectivity index (χ3n) is 0.161. The minimum absolute atomic E-state index is 0.537. The Labute approximate surface area is 47.5 Å². The fraction of sp³-hybridized carbons (Fsp3) is 1.00. The molecule has 0 atom stereocenters. The van der Waals surface area contributed by atoms with E-state index < -0.39 is 10.5 Å². The second-order valence-corrected chi connectivity index (χ2v) is 1.56. The van der Waals surface area contributed by atoms with Gasteiger partial charge in [0.25, 0.3) is 0 Å². The van der Waals surface area contributed by atoms with Crippen molar-refractivity contribution in [1.82, 2.24) is 0 Å². The standard InChI is InChI=1S/C2H3F2IO/c3-2(4,6)1-5/h6H,1H2. The lowest BCUT2D eigenvalue weighted by Gasteiger charge is -1.99. The van der Waals surface area contributed by atoms with Gasteiger partial charge in [0, 0.05) is 0 Å². The first kappa shape index (κ1) is 6.55. The molecule has 0 rings (SSSR count). The summed E-state index contributed by atoms with van der Waals surface area (Å²) in [6, 6.07) is 0. The van der Waals surface area contributed by atoms with E-state index in [0.717, 1.165) is 0 Å². The summed E-state index contributed by atoms with van der Waals surface area (Å²) >= 11 is 1.39. The smallest absolute Gasteiger partial charge is 0.336 e. The summed E-state index contributed by atoms with van der Waals surface area (Å²) in [5, 5.41) is 7.49. The summed E-state index contributed by atoms with van der Waals surface area (Å²) in [7, 11) is 0. The number of rotatable bonds is 1. The second kappa shape index (κ2) is 2.02. The fourth-order valence-electron chi connectivity index (χ4n) is 0. The molecular formula is C2H3F2IO. The molecule has 0 spiro atoms. The van der Waals surface area contributed by atoms with E-state index in [-0.39, 0.29) is 0 Å². The molecule has 0 aromatic rings. The molecule has 0 amide bonds. The minimum atomic E-state index is -3.47. The summed E-state index contributed by atoms with van der Waals surface area (Å²) in [4.78, 5) is 0. The first-order valence-corrected chi connectivity index (χ1v) is 2.75. The van der Waals surface area contributed by atoms with E-state index >= 15 is 0 Å². The number of hydrogen-bond donors (Lipinski definition) is 1. The van der Waals surface area contributed by atoms with Crippen molar-refractivity contribution in [3.05, 3.63) is 0 Å². The van der Waals surface area contributed by atoms with Crippen LogP contribution in [0.1, 0.15) is 0 Å². The van der Waals surface area contributed by atoms with Crippen molar-refractivity contribution in [2.75, 3.05) is 4.43 Å². The molecule has 38 valence electrons. The van der Waals surface area contributed by atoms with Gasteiger partial charge in [0.15, 0.2) is 0 Å². The molecule has 6 heavy (non-hydrogen) atoms. The van der Waals surface area contributed by atoms with Crippen molar-refractivity contribution in [3.63, 3.8) is 0 Å². The maximum Gasteiger partial charge on any atom is 0.362 e. The number of hydrogen-bond acceptors (Lipinski definition) is 1. The van der Waals surface area contributed by atoms with Gasteiger partial charge in [0.05, 0.1) is 4.43 Å². The Morgan fingerprint density at radius 1 is 1.67 bits per heavy atom. The molecule has 1 N–H and O–H groups in total. The van der Waals surface area contributed by atoms with Crippen molar-refractivity contribution < 1.29 is 13.9 Å². The van der Waals surface area contributed by atoms with Crippen LogP contribution in [0.3, 0.4) is 0 Å². The number of alkyl halides is 3. The van der Waals surface area contributed by atoms with Gasteiger partial charge in [0.2, 0.25) is 0 Å². The van der Waals surface area contributed by atoms with E-state index in [1.807, 2.05) is 0 Å². The zero-order chi connectivity index (χ0) is 5.21. The Morgan fingerprint density at radius 3 is 1.83 bits per heavy atom. The van der Waals surface area contributed by atoms with Crippen LogP contribution in [0.25, 0.3) is 0 Å². The molecule has 4 heteroatoms. The highest BCUT2D eigenvalue weighted by molar-refractivity contribution is 14.1. The molecule has 1 nitrogen and oxygen atoms in total. The Balaban J connectivity index is 3.17. The normalized spacial score (nSPS) is 12.0. The Morgan fingerprint density at radius 2 is 1.83 bits per heavy atom. The van der Waals surface area contributed by atoms with Crippen LogP contribution >= 0.6 is 22.6 Å². The molecule has 0 saturated heterocycles. The first-order chi connectivity index (χ1) is 2.56. The quantitative estimate of drug-likeness (QED) is 0.503. The van der Waals surface area contributed by atoms with Crippen LogP contribution in [0.15, 0.2) is 0 Å². The molecule has 0 bridgehead atoms. The van der Waals surface area contributed by atoms with Crippen molar-refractivity contribution >= 4 is 22.6 Å². The second-order valence-electron chi connectivity index (χ2n) is 0.799. The zero-order valence-electron chi connectivity index (χ0n) is 2.79. The van der Waals surface area contributed by atoms with Crippen LogP contribution in [0.5, 0.6) is 0 Å². The van der Waals surface area contributed by atoms with Crippen LogP contribution < -0.4 is 0 Å². The van der Waals surface area contributed by atoms with E-state index in [0.29, 0.717) is 0 Å². The topological polar surface area (TPSA) is 20.2 Å². The van der Waals surface area contributed by atoms with Crippen molar-refractivity contribution in [1.29, 1.82) is 0 Å². The first-order valence-electron chi connectivity index (χ1n) is 1.22. The van der Waals surface area contributed by atoms with E-state index in [9.17, 15) is 8.78 Å². The molecule has 0 saturated carbocycles. The van der Waals surface area contributed by atoms with Gasteiger partial charge in [-0.15, -0.1) is 0 Å². The average Bonchev–Trinajstić information content (AvgIpc) is 1.35. The third kappa shape index (κ3) is 4.55. The summed E-state index contributed by atoms with van der Waals surface area (Å²) in [6.07, 6.45) is -3.47. The Hall–Kier alpha value is 0.550. The maximum atomic E-state index is 11.0.